The summed E-state index contributed by atoms with van der Waals surface area (Å²) in [6, 6.07) is 2.11. The van der Waals surface area contributed by atoms with E-state index in [1.807, 2.05) is 19.9 Å². The molecule has 0 saturated carbocycles. The zero-order valence-corrected chi connectivity index (χ0v) is 9.28. The summed E-state index contributed by atoms with van der Waals surface area (Å²) in [4.78, 5) is 0. The number of aryl methyl sites for hydroxylation is 2. The molecule has 2 nitrogen and oxygen atoms in total. The van der Waals surface area contributed by atoms with Crippen molar-refractivity contribution in [1.82, 2.24) is 0 Å². The van der Waals surface area contributed by atoms with Gasteiger partial charge in [0.1, 0.15) is 11.5 Å². The first-order chi connectivity index (χ1) is 5.65. The second-order valence-electron chi connectivity index (χ2n) is 3.28. The maximum Gasteiger partial charge on any atom is 0.121 e. The Morgan fingerprint density at radius 2 is 2.08 bits per heavy atom. The Morgan fingerprint density at radius 3 is 2.46 bits per heavy atom. The lowest BCUT2D eigenvalue weighted by Crippen LogP contribution is -2.08. The molecule has 0 bridgehead atoms. The summed E-state index contributed by atoms with van der Waals surface area (Å²) in [5, 5.41) is 0. The molecular weight excluding hydrogens is 186 g/mol. The van der Waals surface area contributed by atoms with Crippen LogP contribution in [0.2, 0.25) is 0 Å². The van der Waals surface area contributed by atoms with Crippen molar-refractivity contribution in [2.45, 2.75) is 39.7 Å². The highest BCUT2D eigenvalue weighted by molar-refractivity contribution is 5.85. The van der Waals surface area contributed by atoms with Gasteiger partial charge in [0.25, 0.3) is 0 Å². The summed E-state index contributed by atoms with van der Waals surface area (Å²) in [5.74, 6) is 1.91. The van der Waals surface area contributed by atoms with Crippen LogP contribution in [-0.4, -0.2) is 0 Å². The van der Waals surface area contributed by atoms with E-state index in [0.717, 1.165) is 24.4 Å². The highest BCUT2D eigenvalue weighted by Gasteiger charge is 2.10. The van der Waals surface area contributed by atoms with E-state index in [9.17, 15) is 0 Å². The van der Waals surface area contributed by atoms with E-state index in [-0.39, 0.29) is 18.4 Å². The van der Waals surface area contributed by atoms with Gasteiger partial charge in [0.05, 0.1) is 6.04 Å². The predicted molar refractivity (Wildman–Crippen MR) is 57.3 cm³/mol. The first kappa shape index (κ1) is 12.5. The molecule has 1 aromatic rings. The van der Waals surface area contributed by atoms with Crippen LogP contribution in [0.5, 0.6) is 0 Å². The average molecular weight is 204 g/mol. The van der Waals surface area contributed by atoms with Gasteiger partial charge in [0.2, 0.25) is 0 Å². The van der Waals surface area contributed by atoms with Crippen molar-refractivity contribution in [3.8, 4) is 0 Å². The minimum atomic E-state index is 0. The highest BCUT2D eigenvalue weighted by Crippen LogP contribution is 2.21. The van der Waals surface area contributed by atoms with E-state index < -0.39 is 0 Å². The molecule has 0 spiro atoms. The normalized spacial score (nSPS) is 12.3. The fraction of sp³-hybridized carbons (Fsp3) is 0.600. The van der Waals surface area contributed by atoms with Crippen LogP contribution in [0.4, 0.5) is 0 Å². The van der Waals surface area contributed by atoms with Crippen LogP contribution in [-0.2, 0) is 0 Å². The van der Waals surface area contributed by atoms with Crippen molar-refractivity contribution >= 4 is 12.4 Å². The van der Waals surface area contributed by atoms with Gasteiger partial charge < -0.3 is 10.2 Å². The molecule has 2 N–H and O–H groups in total. The summed E-state index contributed by atoms with van der Waals surface area (Å²) in [5.41, 5.74) is 7.09. The van der Waals surface area contributed by atoms with Crippen LogP contribution in [0.1, 0.15) is 42.9 Å². The van der Waals surface area contributed by atoms with Crippen LogP contribution in [0, 0.1) is 13.8 Å². The van der Waals surface area contributed by atoms with Crippen molar-refractivity contribution in [3.05, 3.63) is 23.2 Å². The lowest BCUT2D eigenvalue weighted by molar-refractivity contribution is 0.432. The minimum Gasteiger partial charge on any atom is -0.464 e. The minimum absolute atomic E-state index is 0. The van der Waals surface area contributed by atoms with Gasteiger partial charge in [-0.25, -0.2) is 0 Å². The highest BCUT2D eigenvalue weighted by atomic mass is 35.5. The van der Waals surface area contributed by atoms with Gasteiger partial charge in [-0.15, -0.1) is 12.4 Å². The third-order valence-corrected chi connectivity index (χ3v) is 2.15. The van der Waals surface area contributed by atoms with E-state index in [2.05, 4.69) is 6.92 Å². The van der Waals surface area contributed by atoms with Gasteiger partial charge >= 0.3 is 0 Å². The fourth-order valence-electron chi connectivity index (χ4n) is 1.24. The number of hydrogen-bond acceptors (Lipinski definition) is 2. The van der Waals surface area contributed by atoms with Gasteiger partial charge in [0, 0.05) is 0 Å². The molecule has 0 aliphatic carbocycles. The van der Waals surface area contributed by atoms with Crippen LogP contribution < -0.4 is 5.73 Å². The maximum absolute atomic E-state index is 5.89. The molecule has 1 heterocycles. The Morgan fingerprint density at radius 1 is 1.46 bits per heavy atom. The van der Waals surface area contributed by atoms with Crippen molar-refractivity contribution in [1.29, 1.82) is 0 Å². The molecule has 0 aliphatic heterocycles. The standard InChI is InChI=1S/C10H17NO.ClH/c1-4-5-9(11)10-6-7(2)8(3)12-10;/h6,9H,4-5,11H2,1-3H3;1H/t9-;/m1./s1. The Bertz CT molecular complexity index is 238. The van der Waals surface area contributed by atoms with Crippen LogP contribution in [0.15, 0.2) is 10.5 Å². The first-order valence-corrected chi connectivity index (χ1v) is 4.47. The van der Waals surface area contributed by atoms with Gasteiger partial charge in [-0.3, -0.25) is 0 Å². The summed E-state index contributed by atoms with van der Waals surface area (Å²) in [7, 11) is 0. The second-order valence-corrected chi connectivity index (χ2v) is 3.28. The monoisotopic (exact) mass is 203 g/mol. The van der Waals surface area contributed by atoms with Crippen molar-refractivity contribution in [2.24, 2.45) is 5.73 Å². The molecule has 1 atom stereocenters. The molecule has 0 aliphatic rings. The smallest absolute Gasteiger partial charge is 0.121 e. The second kappa shape index (κ2) is 5.30. The molecule has 0 aromatic carbocycles. The molecule has 0 fully saturated rings. The number of nitrogens with two attached hydrogens (primary N) is 1. The molecule has 0 unspecified atom stereocenters. The Kier molecular flexibility index (Phi) is 5.11. The molecule has 76 valence electrons. The van der Waals surface area contributed by atoms with Crippen molar-refractivity contribution in [2.75, 3.05) is 0 Å². The Hall–Kier alpha value is -0.470. The molecule has 0 radical (unpaired) electrons. The molecule has 3 heteroatoms. The van der Waals surface area contributed by atoms with E-state index in [0.29, 0.717) is 0 Å². The third kappa shape index (κ3) is 3.05. The summed E-state index contributed by atoms with van der Waals surface area (Å²) in [6.07, 6.45) is 2.09. The van der Waals surface area contributed by atoms with Crippen LogP contribution >= 0.6 is 12.4 Å². The topological polar surface area (TPSA) is 39.2 Å². The van der Waals surface area contributed by atoms with E-state index in [1.54, 1.807) is 0 Å². The molecule has 13 heavy (non-hydrogen) atoms. The largest absolute Gasteiger partial charge is 0.464 e. The molecule has 0 saturated heterocycles. The van der Waals surface area contributed by atoms with E-state index >= 15 is 0 Å². The number of hydrogen-bond donors (Lipinski definition) is 1. The predicted octanol–water partition coefficient (Wildman–Crippen LogP) is 3.12. The molecule has 0 amide bonds. The zero-order valence-electron chi connectivity index (χ0n) is 8.46. The Labute approximate surface area is 85.9 Å². The van der Waals surface area contributed by atoms with Gasteiger partial charge in [0.15, 0.2) is 0 Å². The van der Waals surface area contributed by atoms with Gasteiger partial charge in [-0.05, 0) is 31.9 Å². The average Bonchev–Trinajstić information content (AvgIpc) is 2.33. The zero-order chi connectivity index (χ0) is 9.14. The summed E-state index contributed by atoms with van der Waals surface area (Å²) in [6.45, 7) is 6.14. The van der Waals surface area contributed by atoms with Crippen molar-refractivity contribution < 1.29 is 4.42 Å². The molecule has 1 aromatic heterocycles. The number of rotatable bonds is 3. The fourth-order valence-corrected chi connectivity index (χ4v) is 1.24. The summed E-state index contributed by atoms with van der Waals surface area (Å²) >= 11 is 0. The van der Waals surface area contributed by atoms with Gasteiger partial charge in [-0.1, -0.05) is 13.3 Å². The SMILES string of the molecule is CCC[C@@H](N)c1cc(C)c(C)o1.Cl. The molecular formula is C10H18ClNO. The number of halogens is 1. The number of furan rings is 1. The first-order valence-electron chi connectivity index (χ1n) is 4.47. The van der Waals surface area contributed by atoms with Gasteiger partial charge in [-0.2, -0.15) is 0 Å². The maximum atomic E-state index is 5.89. The molecule has 1 rings (SSSR count). The quantitative estimate of drug-likeness (QED) is 0.820. The van der Waals surface area contributed by atoms with Crippen LogP contribution in [0.25, 0.3) is 0 Å². The van der Waals surface area contributed by atoms with Crippen molar-refractivity contribution in [3.63, 3.8) is 0 Å². The summed E-state index contributed by atoms with van der Waals surface area (Å²) < 4.78 is 5.50. The third-order valence-electron chi connectivity index (χ3n) is 2.15. The lowest BCUT2D eigenvalue weighted by atomic mass is 10.1. The van der Waals surface area contributed by atoms with E-state index in [4.69, 9.17) is 10.2 Å². The lowest BCUT2D eigenvalue weighted by Gasteiger charge is -2.05. The Balaban J connectivity index is 0.00000144. The van der Waals surface area contributed by atoms with E-state index in [1.165, 1.54) is 5.56 Å². The van der Waals surface area contributed by atoms with Crippen LogP contribution in [0.3, 0.4) is 0 Å².